The largest absolute Gasteiger partial charge is 0.435 e. The maximum atomic E-state index is 12.0. The normalized spacial score (nSPS) is 17.7. The lowest BCUT2D eigenvalue weighted by molar-refractivity contribution is -0.0498. The van der Waals surface area contributed by atoms with Gasteiger partial charge in [-0.3, -0.25) is 4.79 Å². The predicted octanol–water partition coefficient (Wildman–Crippen LogP) is 3.37. The number of unbranched alkanes of at least 4 members (excludes halogenated alkanes) is 1. The zero-order chi connectivity index (χ0) is 15.8. The number of rotatable bonds is 8. The fraction of sp³-hybridized carbons (Fsp3) is 0.562. The minimum atomic E-state index is -2.86. The van der Waals surface area contributed by atoms with E-state index in [4.69, 9.17) is 4.74 Å². The van der Waals surface area contributed by atoms with Crippen LogP contribution in [0.1, 0.15) is 42.5 Å². The summed E-state index contributed by atoms with van der Waals surface area (Å²) in [6.07, 6.45) is 5.63. The summed E-state index contributed by atoms with van der Waals surface area (Å²) in [5.41, 5.74) is 0.431. The number of alkyl halides is 2. The number of hydrogen-bond donors (Lipinski definition) is 1. The highest BCUT2D eigenvalue weighted by molar-refractivity contribution is 5.94. The Morgan fingerprint density at radius 2 is 2.09 bits per heavy atom. The van der Waals surface area contributed by atoms with Gasteiger partial charge in [0.15, 0.2) is 0 Å². The van der Waals surface area contributed by atoms with Crippen LogP contribution in [0.15, 0.2) is 24.3 Å². The molecule has 1 amide bonds. The number of nitrogens with one attached hydrogen (secondary N) is 1. The fourth-order valence-corrected chi connectivity index (χ4v) is 2.46. The van der Waals surface area contributed by atoms with E-state index in [2.05, 4.69) is 10.1 Å². The monoisotopic (exact) mass is 313 g/mol. The van der Waals surface area contributed by atoms with E-state index in [1.54, 1.807) is 0 Å². The molecule has 1 aliphatic rings. The Hall–Kier alpha value is -1.69. The SMILES string of the molecule is O=C(NCCCCC1CCCO1)c1ccc(OC(F)F)cc1. The number of benzene rings is 1. The lowest BCUT2D eigenvalue weighted by Gasteiger charge is -2.09. The summed E-state index contributed by atoms with van der Waals surface area (Å²) in [7, 11) is 0. The molecule has 0 radical (unpaired) electrons. The Morgan fingerprint density at radius 1 is 1.32 bits per heavy atom. The van der Waals surface area contributed by atoms with Crippen LogP contribution in [0.4, 0.5) is 8.78 Å². The number of halogens is 2. The highest BCUT2D eigenvalue weighted by Gasteiger charge is 2.14. The molecule has 1 aromatic rings. The van der Waals surface area contributed by atoms with E-state index in [1.165, 1.54) is 24.3 Å². The van der Waals surface area contributed by atoms with Gasteiger partial charge in [-0.25, -0.2) is 0 Å². The number of hydrogen-bond acceptors (Lipinski definition) is 3. The van der Waals surface area contributed by atoms with Crippen molar-refractivity contribution in [2.24, 2.45) is 0 Å². The Morgan fingerprint density at radius 3 is 2.73 bits per heavy atom. The molecule has 2 rings (SSSR count). The van der Waals surface area contributed by atoms with Crippen LogP contribution in [-0.2, 0) is 4.74 Å². The molecular formula is C16H21F2NO3. The molecule has 0 aromatic heterocycles. The molecular weight excluding hydrogens is 292 g/mol. The zero-order valence-corrected chi connectivity index (χ0v) is 12.4. The number of carbonyl (C=O) groups is 1. The van der Waals surface area contributed by atoms with Gasteiger partial charge in [-0.05, 0) is 56.4 Å². The van der Waals surface area contributed by atoms with Crippen LogP contribution in [0.3, 0.4) is 0 Å². The van der Waals surface area contributed by atoms with Crippen molar-refractivity contribution in [3.8, 4) is 5.75 Å². The Labute approximate surface area is 128 Å². The second-order valence-corrected chi connectivity index (χ2v) is 5.29. The Bertz CT molecular complexity index is 459. The fourth-order valence-electron chi connectivity index (χ4n) is 2.46. The van der Waals surface area contributed by atoms with E-state index in [-0.39, 0.29) is 11.7 Å². The third-order valence-electron chi connectivity index (χ3n) is 3.60. The summed E-state index contributed by atoms with van der Waals surface area (Å²) >= 11 is 0. The van der Waals surface area contributed by atoms with Gasteiger partial charge in [-0.2, -0.15) is 8.78 Å². The number of amides is 1. The van der Waals surface area contributed by atoms with Crippen molar-refractivity contribution < 1.29 is 23.0 Å². The van der Waals surface area contributed by atoms with Crippen LogP contribution >= 0.6 is 0 Å². The first-order valence-corrected chi connectivity index (χ1v) is 7.60. The van der Waals surface area contributed by atoms with Gasteiger partial charge >= 0.3 is 6.61 Å². The third-order valence-corrected chi connectivity index (χ3v) is 3.60. The summed E-state index contributed by atoms with van der Waals surface area (Å²) < 4.78 is 33.8. The molecule has 0 aliphatic carbocycles. The molecule has 22 heavy (non-hydrogen) atoms. The average molecular weight is 313 g/mol. The van der Waals surface area contributed by atoms with Crippen molar-refractivity contribution in [1.29, 1.82) is 0 Å². The predicted molar refractivity (Wildman–Crippen MR) is 78.2 cm³/mol. The molecule has 1 heterocycles. The number of ether oxygens (including phenoxy) is 2. The van der Waals surface area contributed by atoms with E-state index in [9.17, 15) is 13.6 Å². The molecule has 6 heteroatoms. The van der Waals surface area contributed by atoms with Gasteiger partial charge in [0.2, 0.25) is 0 Å². The molecule has 1 fully saturated rings. The molecule has 0 saturated carbocycles. The van der Waals surface area contributed by atoms with Crippen molar-refractivity contribution >= 4 is 5.91 Å². The minimum absolute atomic E-state index is 0.0445. The molecule has 0 bridgehead atoms. The van der Waals surface area contributed by atoms with E-state index >= 15 is 0 Å². The molecule has 1 N–H and O–H groups in total. The van der Waals surface area contributed by atoms with Crippen LogP contribution in [-0.4, -0.2) is 31.8 Å². The maximum Gasteiger partial charge on any atom is 0.387 e. The van der Waals surface area contributed by atoms with Gasteiger partial charge in [-0.1, -0.05) is 0 Å². The highest BCUT2D eigenvalue weighted by Crippen LogP contribution is 2.17. The van der Waals surface area contributed by atoms with Gasteiger partial charge in [0, 0.05) is 18.7 Å². The van der Waals surface area contributed by atoms with Crippen molar-refractivity contribution in [3.63, 3.8) is 0 Å². The maximum absolute atomic E-state index is 12.0. The molecule has 1 unspecified atom stereocenters. The standard InChI is InChI=1S/C16H21F2NO3/c17-16(18)22-14-8-6-12(7-9-14)15(20)19-10-2-1-4-13-5-3-11-21-13/h6-9,13,16H,1-5,10-11H2,(H,19,20). The summed E-state index contributed by atoms with van der Waals surface area (Å²) in [6.45, 7) is -1.39. The van der Waals surface area contributed by atoms with Gasteiger partial charge in [-0.15, -0.1) is 0 Å². The van der Waals surface area contributed by atoms with Crippen molar-refractivity contribution in [1.82, 2.24) is 5.32 Å². The first-order chi connectivity index (χ1) is 10.6. The number of carbonyl (C=O) groups excluding carboxylic acids is 1. The topological polar surface area (TPSA) is 47.6 Å². The quantitative estimate of drug-likeness (QED) is 0.749. The zero-order valence-electron chi connectivity index (χ0n) is 12.4. The molecule has 1 aliphatic heterocycles. The van der Waals surface area contributed by atoms with E-state index < -0.39 is 6.61 Å². The lowest BCUT2D eigenvalue weighted by Crippen LogP contribution is -2.24. The molecule has 1 saturated heterocycles. The van der Waals surface area contributed by atoms with Crippen LogP contribution in [0.2, 0.25) is 0 Å². The molecule has 122 valence electrons. The smallest absolute Gasteiger partial charge is 0.387 e. The van der Waals surface area contributed by atoms with Crippen LogP contribution in [0.5, 0.6) is 5.75 Å². The van der Waals surface area contributed by atoms with Gasteiger partial charge < -0.3 is 14.8 Å². The Kier molecular flexibility index (Phi) is 6.58. The van der Waals surface area contributed by atoms with E-state index in [0.717, 1.165) is 38.7 Å². The average Bonchev–Trinajstić information content (AvgIpc) is 3.00. The summed E-state index contributed by atoms with van der Waals surface area (Å²) in [5, 5.41) is 2.82. The van der Waals surface area contributed by atoms with Crippen molar-refractivity contribution in [3.05, 3.63) is 29.8 Å². The second kappa shape index (κ2) is 8.68. The molecule has 1 aromatic carbocycles. The van der Waals surface area contributed by atoms with Crippen LogP contribution in [0.25, 0.3) is 0 Å². The lowest BCUT2D eigenvalue weighted by atomic mass is 10.1. The van der Waals surface area contributed by atoms with E-state index in [0.29, 0.717) is 18.2 Å². The molecule has 4 nitrogen and oxygen atoms in total. The van der Waals surface area contributed by atoms with E-state index in [1.807, 2.05) is 0 Å². The summed E-state index contributed by atoms with van der Waals surface area (Å²) in [6, 6.07) is 5.66. The first-order valence-electron chi connectivity index (χ1n) is 7.60. The van der Waals surface area contributed by atoms with Crippen molar-refractivity contribution in [2.75, 3.05) is 13.2 Å². The third kappa shape index (κ3) is 5.60. The van der Waals surface area contributed by atoms with Crippen LogP contribution < -0.4 is 10.1 Å². The summed E-state index contributed by atoms with van der Waals surface area (Å²) in [4.78, 5) is 11.9. The summed E-state index contributed by atoms with van der Waals surface area (Å²) in [5.74, 6) is -0.163. The highest BCUT2D eigenvalue weighted by atomic mass is 19.3. The van der Waals surface area contributed by atoms with Gasteiger partial charge in [0.25, 0.3) is 5.91 Å². The Balaban J connectivity index is 1.63. The van der Waals surface area contributed by atoms with Crippen LogP contribution in [0, 0.1) is 0 Å². The first kappa shape index (κ1) is 16.7. The van der Waals surface area contributed by atoms with Gasteiger partial charge in [0.05, 0.1) is 6.10 Å². The molecule has 1 atom stereocenters. The van der Waals surface area contributed by atoms with Gasteiger partial charge in [0.1, 0.15) is 5.75 Å². The minimum Gasteiger partial charge on any atom is -0.435 e. The second-order valence-electron chi connectivity index (χ2n) is 5.29. The van der Waals surface area contributed by atoms with Crippen molar-refractivity contribution in [2.45, 2.75) is 44.8 Å². The molecule has 0 spiro atoms.